The van der Waals surface area contributed by atoms with Gasteiger partial charge in [0.05, 0.1) is 23.2 Å². The van der Waals surface area contributed by atoms with Crippen molar-refractivity contribution >= 4 is 40.3 Å². The number of hydrogen-bond acceptors (Lipinski definition) is 3. The van der Waals surface area contributed by atoms with E-state index >= 15 is 0 Å². The van der Waals surface area contributed by atoms with Gasteiger partial charge < -0.3 is 15.0 Å². The molecule has 1 aromatic rings. The van der Waals surface area contributed by atoms with Gasteiger partial charge in [-0.15, -0.1) is 0 Å². The van der Waals surface area contributed by atoms with Crippen LogP contribution in [-0.4, -0.2) is 34.7 Å². The van der Waals surface area contributed by atoms with Crippen LogP contribution < -0.4 is 5.32 Å². The van der Waals surface area contributed by atoms with Crippen molar-refractivity contribution in [3.8, 4) is 0 Å². The summed E-state index contributed by atoms with van der Waals surface area (Å²) in [5, 5.41) is 11.1. The van der Waals surface area contributed by atoms with Gasteiger partial charge in [-0.2, -0.15) is 4.99 Å². The minimum absolute atomic E-state index is 0.0802. The molecule has 0 aliphatic heterocycles. The number of aliphatic imine (C=N–C) groups is 1. The molecule has 3 aliphatic carbocycles. The summed E-state index contributed by atoms with van der Waals surface area (Å²) in [6.45, 7) is 2.20. The van der Waals surface area contributed by atoms with Crippen LogP contribution in [0.25, 0.3) is 0 Å². The zero-order chi connectivity index (χ0) is 18.0. The zero-order valence-electron chi connectivity index (χ0n) is 14.0. The van der Waals surface area contributed by atoms with Crippen molar-refractivity contribution in [1.29, 1.82) is 5.41 Å². The summed E-state index contributed by atoms with van der Waals surface area (Å²) in [5.41, 5.74) is 0.638. The zero-order valence-corrected chi connectivity index (χ0v) is 15.5. The van der Waals surface area contributed by atoms with Crippen molar-refractivity contribution in [3.05, 3.63) is 23.0 Å². The third-order valence-corrected chi connectivity index (χ3v) is 5.50. The van der Waals surface area contributed by atoms with Crippen molar-refractivity contribution in [1.82, 2.24) is 10.3 Å². The monoisotopic (exact) mass is 384 g/mol. The molecule has 3 aliphatic rings. The Hall–Kier alpha value is -1.53. The molecule has 0 unspecified atom stereocenters. The largest absolute Gasteiger partial charge is 0.466 e. The fourth-order valence-corrected chi connectivity index (χ4v) is 4.41. The first-order valence-corrected chi connectivity index (χ1v) is 9.35. The highest BCUT2D eigenvalue weighted by Crippen LogP contribution is 2.45. The Morgan fingerprint density at radius 2 is 2.08 bits per heavy atom. The van der Waals surface area contributed by atoms with Gasteiger partial charge in [-0.05, 0) is 62.1 Å². The van der Waals surface area contributed by atoms with E-state index in [4.69, 9.17) is 33.3 Å². The van der Waals surface area contributed by atoms with E-state index in [0.29, 0.717) is 35.0 Å². The van der Waals surface area contributed by atoms with Crippen molar-refractivity contribution in [2.45, 2.75) is 38.6 Å². The van der Waals surface area contributed by atoms with E-state index in [1.165, 1.54) is 0 Å². The van der Waals surface area contributed by atoms with E-state index in [-0.39, 0.29) is 23.2 Å². The average molecular weight is 385 g/mol. The van der Waals surface area contributed by atoms with E-state index in [9.17, 15) is 4.79 Å². The number of fused-ring (bicyclic) bond motifs is 3. The lowest BCUT2D eigenvalue weighted by Gasteiger charge is -2.47. The number of aromatic amines is 1. The second kappa shape index (κ2) is 7.79. The smallest absolute Gasteiger partial charge is 0.311 e. The molecule has 3 N–H and O–H groups in total. The lowest BCUT2D eigenvalue weighted by Crippen LogP contribution is -2.56. The maximum atomic E-state index is 12.5. The molecule has 1 heterocycles. The molecular formula is C17H22Cl2N4O2. The third-order valence-electron chi connectivity index (χ3n) is 5.19. The predicted octanol–water partition coefficient (Wildman–Crippen LogP) is 3.55. The first-order valence-electron chi connectivity index (χ1n) is 8.59. The first kappa shape index (κ1) is 18.3. The van der Waals surface area contributed by atoms with Crippen LogP contribution in [0.2, 0.25) is 5.02 Å². The van der Waals surface area contributed by atoms with Crippen LogP contribution in [0, 0.1) is 23.2 Å². The molecule has 8 heteroatoms. The Morgan fingerprint density at radius 1 is 1.40 bits per heavy atom. The summed E-state index contributed by atoms with van der Waals surface area (Å²) < 4.78 is 5.32. The molecule has 6 nitrogen and oxygen atoms in total. The van der Waals surface area contributed by atoms with E-state index in [0.717, 1.165) is 25.7 Å². The van der Waals surface area contributed by atoms with Crippen LogP contribution >= 0.6 is 23.2 Å². The van der Waals surface area contributed by atoms with Gasteiger partial charge in [0, 0.05) is 12.2 Å². The summed E-state index contributed by atoms with van der Waals surface area (Å²) in [6, 6.07) is 1.64. The highest BCUT2D eigenvalue weighted by atomic mass is 35.5. The van der Waals surface area contributed by atoms with Crippen molar-refractivity contribution in [2.75, 3.05) is 6.61 Å². The van der Waals surface area contributed by atoms with E-state index in [1.54, 1.807) is 12.3 Å². The number of carbonyl (C=O) groups is 1. The second-order valence-corrected chi connectivity index (χ2v) is 7.40. The summed E-state index contributed by atoms with van der Waals surface area (Å²) in [4.78, 5) is 19.7. The van der Waals surface area contributed by atoms with Gasteiger partial charge in [0.15, 0.2) is 5.84 Å². The minimum atomic E-state index is -0.332. The highest BCUT2D eigenvalue weighted by molar-refractivity contribution is 6.64. The molecule has 3 saturated carbocycles. The Labute approximate surface area is 156 Å². The molecule has 0 aromatic carbocycles. The third kappa shape index (κ3) is 4.01. The number of carbonyl (C=O) groups excluding carboxylic acids is 1. The van der Waals surface area contributed by atoms with Gasteiger partial charge >= 0.3 is 5.97 Å². The fourth-order valence-electron chi connectivity index (χ4n) is 4.17. The molecule has 0 radical (unpaired) electrons. The Bertz CT molecular complexity index is 680. The van der Waals surface area contributed by atoms with Gasteiger partial charge in [0.25, 0.3) is 0 Å². The summed E-state index contributed by atoms with van der Waals surface area (Å²) in [7, 11) is 0. The average Bonchev–Trinajstić information content (AvgIpc) is 3.01. The normalized spacial score (nSPS) is 28.7. The quantitative estimate of drug-likeness (QED) is 0.320. The minimum Gasteiger partial charge on any atom is -0.466 e. The summed E-state index contributed by atoms with van der Waals surface area (Å²) in [5.74, 6) is 0.774. The van der Waals surface area contributed by atoms with Crippen LogP contribution in [0.15, 0.2) is 17.3 Å². The van der Waals surface area contributed by atoms with E-state index in [1.807, 2.05) is 6.92 Å². The molecule has 2 atom stereocenters. The second-order valence-electron chi connectivity index (χ2n) is 6.61. The fraction of sp³-hybridized carbons (Fsp3) is 0.588. The molecule has 1 aromatic heterocycles. The molecule has 4 rings (SSSR count). The van der Waals surface area contributed by atoms with Gasteiger partial charge in [-0.3, -0.25) is 10.2 Å². The topological polar surface area (TPSA) is 90.3 Å². The Kier molecular flexibility index (Phi) is 5.69. The number of hydrogen-bond donors (Lipinski definition) is 3. The molecule has 136 valence electrons. The molecule has 3 fully saturated rings. The van der Waals surface area contributed by atoms with Gasteiger partial charge in [-0.1, -0.05) is 11.6 Å². The van der Waals surface area contributed by atoms with E-state index in [2.05, 4.69) is 15.3 Å². The molecule has 0 spiro atoms. The summed E-state index contributed by atoms with van der Waals surface area (Å²) in [6.07, 6.45) is 5.91. The molecule has 2 bridgehead atoms. The van der Waals surface area contributed by atoms with Crippen LogP contribution in [0.1, 0.15) is 38.3 Å². The number of halogens is 2. The predicted molar refractivity (Wildman–Crippen MR) is 98.4 cm³/mol. The highest BCUT2D eigenvalue weighted by Gasteiger charge is 2.48. The lowest BCUT2D eigenvalue weighted by atomic mass is 9.61. The number of rotatable bonds is 4. The first-order chi connectivity index (χ1) is 12.0. The number of esters is 1. The van der Waals surface area contributed by atoms with Crippen molar-refractivity contribution < 1.29 is 9.53 Å². The number of ether oxygens (including phenoxy) is 1. The maximum absolute atomic E-state index is 12.5. The number of H-pyrrole nitrogens is 1. The number of nitrogens with zero attached hydrogens (tertiary/aromatic N) is 1. The molecular weight excluding hydrogens is 363 g/mol. The molecule has 0 amide bonds. The van der Waals surface area contributed by atoms with Crippen molar-refractivity contribution in [3.63, 3.8) is 0 Å². The standard InChI is InChI=1S/C17H22Cl2N4O2/c1-2-25-16(24)13-9-3-5-10(6-4-9)14(13)22-15(23-17(19)20)12-7-11(18)8-21-12/h7-10,13-14,21H,2-6H2,1H3,(H2,20,22,23)/t9?,10?,13-,14-/m0/s1. The maximum Gasteiger partial charge on any atom is 0.311 e. The van der Waals surface area contributed by atoms with E-state index < -0.39 is 0 Å². The van der Waals surface area contributed by atoms with Crippen LogP contribution in [0.5, 0.6) is 0 Å². The molecule has 0 saturated heterocycles. The molecule has 25 heavy (non-hydrogen) atoms. The lowest BCUT2D eigenvalue weighted by molar-refractivity contribution is -0.155. The number of amidine groups is 2. The number of nitrogens with one attached hydrogen (secondary N) is 3. The Morgan fingerprint density at radius 3 is 2.64 bits per heavy atom. The Balaban J connectivity index is 1.88. The van der Waals surface area contributed by atoms with Crippen LogP contribution in [0.4, 0.5) is 0 Å². The van der Waals surface area contributed by atoms with Gasteiger partial charge in [0.1, 0.15) is 0 Å². The number of aromatic nitrogens is 1. The van der Waals surface area contributed by atoms with Gasteiger partial charge in [-0.25, -0.2) is 0 Å². The SMILES string of the molecule is CCOC(=O)[C@H]1C2CCC(CC2)[C@@H]1N/C(=N/C(=N)Cl)c1cc(Cl)c[nH]1. The van der Waals surface area contributed by atoms with Crippen LogP contribution in [0.3, 0.4) is 0 Å². The van der Waals surface area contributed by atoms with Crippen molar-refractivity contribution in [2.24, 2.45) is 22.7 Å². The van der Waals surface area contributed by atoms with Gasteiger partial charge in [0.2, 0.25) is 5.29 Å². The summed E-state index contributed by atoms with van der Waals surface area (Å²) >= 11 is 11.7. The van der Waals surface area contributed by atoms with Crippen LogP contribution in [-0.2, 0) is 9.53 Å².